The Morgan fingerprint density at radius 1 is 1.29 bits per heavy atom. The Hall–Kier alpha value is -1.80. The molecule has 0 aliphatic carbocycles. The summed E-state index contributed by atoms with van der Waals surface area (Å²) < 4.78 is 36.5. The van der Waals surface area contributed by atoms with Crippen LogP contribution in [0.15, 0.2) is 34.7 Å². The molecule has 0 spiro atoms. The number of thiophene rings is 1. The van der Waals surface area contributed by atoms with Crippen LogP contribution in [0.2, 0.25) is 0 Å². The highest BCUT2D eigenvalue weighted by Crippen LogP contribution is 2.33. The Bertz CT molecular complexity index is 846. The molecule has 2 aromatic heterocycles. The van der Waals surface area contributed by atoms with Crippen molar-refractivity contribution in [1.29, 1.82) is 0 Å². The lowest BCUT2D eigenvalue weighted by atomic mass is 9.98. The predicted octanol–water partition coefficient (Wildman–Crippen LogP) is 3.05. The Labute approximate surface area is 144 Å². The minimum Gasteiger partial charge on any atom is -0.329 e. The van der Waals surface area contributed by atoms with Gasteiger partial charge < -0.3 is 4.90 Å². The van der Waals surface area contributed by atoms with Crippen LogP contribution in [0.3, 0.4) is 0 Å². The Kier molecular flexibility index (Phi) is 4.69. The third-order valence-electron chi connectivity index (χ3n) is 4.01. The average Bonchev–Trinajstić information content (AvgIpc) is 3.05. The topological polar surface area (TPSA) is 67.3 Å². The fourth-order valence-corrected chi connectivity index (χ4v) is 4.73. The number of likely N-dealkylation sites (tertiary alicyclic amines) is 1. The van der Waals surface area contributed by atoms with E-state index in [0.29, 0.717) is 17.1 Å². The van der Waals surface area contributed by atoms with Crippen LogP contribution >= 0.6 is 11.3 Å². The molecule has 1 aliphatic rings. The van der Waals surface area contributed by atoms with Gasteiger partial charge in [0, 0.05) is 12.8 Å². The first-order valence-corrected chi connectivity index (χ1v) is 10.3. The van der Waals surface area contributed by atoms with E-state index in [4.69, 9.17) is 0 Å². The smallest absolute Gasteiger partial charge is 0.264 e. The van der Waals surface area contributed by atoms with Gasteiger partial charge in [0.05, 0.1) is 22.8 Å². The SMILES string of the molecule is CS(=O)(=O)c1ccc(C(=O)N2CCCC[C@@H]2c2ccc(F)cn2)s1. The van der Waals surface area contributed by atoms with Crippen LogP contribution in [-0.2, 0) is 9.84 Å². The summed E-state index contributed by atoms with van der Waals surface area (Å²) in [4.78, 5) is 19.0. The van der Waals surface area contributed by atoms with Gasteiger partial charge in [0.25, 0.3) is 5.91 Å². The molecule has 0 unspecified atom stereocenters. The van der Waals surface area contributed by atoms with Crippen LogP contribution in [0.1, 0.15) is 40.7 Å². The van der Waals surface area contributed by atoms with E-state index < -0.39 is 15.7 Å². The number of halogens is 1. The van der Waals surface area contributed by atoms with Crippen molar-refractivity contribution in [3.05, 3.63) is 46.9 Å². The maximum Gasteiger partial charge on any atom is 0.264 e. The molecule has 5 nitrogen and oxygen atoms in total. The van der Waals surface area contributed by atoms with Gasteiger partial charge in [-0.25, -0.2) is 12.8 Å². The first-order valence-electron chi connectivity index (χ1n) is 7.58. The quantitative estimate of drug-likeness (QED) is 0.835. The highest BCUT2D eigenvalue weighted by molar-refractivity contribution is 7.92. The number of hydrogen-bond acceptors (Lipinski definition) is 5. The van der Waals surface area contributed by atoms with Gasteiger partial charge in [-0.05, 0) is 43.5 Å². The highest BCUT2D eigenvalue weighted by atomic mass is 32.2. The monoisotopic (exact) mass is 368 g/mol. The van der Waals surface area contributed by atoms with Crippen LogP contribution < -0.4 is 0 Å². The molecule has 0 radical (unpaired) electrons. The lowest BCUT2D eigenvalue weighted by molar-refractivity contribution is 0.0611. The maximum absolute atomic E-state index is 13.1. The Morgan fingerprint density at radius 3 is 2.71 bits per heavy atom. The summed E-state index contributed by atoms with van der Waals surface area (Å²) in [5, 5.41) is 0. The average molecular weight is 368 g/mol. The van der Waals surface area contributed by atoms with E-state index in [0.717, 1.165) is 43.1 Å². The molecule has 3 heterocycles. The number of nitrogens with zero attached hydrogens (tertiary/aromatic N) is 2. The third-order valence-corrected chi connectivity index (χ3v) is 6.91. The number of aromatic nitrogens is 1. The maximum atomic E-state index is 13.1. The van der Waals surface area contributed by atoms with Crippen LogP contribution in [-0.4, -0.2) is 37.0 Å². The molecule has 1 atom stereocenters. The van der Waals surface area contributed by atoms with Crippen molar-refractivity contribution in [3.63, 3.8) is 0 Å². The standard InChI is InChI=1S/C16H17FN2O3S2/c1-24(21,22)15-8-7-14(23-15)16(20)19-9-3-2-4-13(19)12-6-5-11(17)10-18-12/h5-8,10,13H,2-4,9H2,1H3/t13-/m1/s1. The molecule has 1 amide bonds. The lowest BCUT2D eigenvalue weighted by Crippen LogP contribution is -2.38. The molecule has 2 aromatic rings. The van der Waals surface area contributed by atoms with Gasteiger partial charge in [-0.3, -0.25) is 9.78 Å². The summed E-state index contributed by atoms with van der Waals surface area (Å²) in [5.41, 5.74) is 0.657. The van der Waals surface area contributed by atoms with Crippen molar-refractivity contribution in [2.24, 2.45) is 0 Å². The Balaban J connectivity index is 1.88. The number of piperidine rings is 1. The molecule has 3 rings (SSSR count). The zero-order valence-electron chi connectivity index (χ0n) is 13.1. The lowest BCUT2D eigenvalue weighted by Gasteiger charge is -2.35. The van der Waals surface area contributed by atoms with Gasteiger partial charge in [-0.1, -0.05) is 0 Å². The number of sulfone groups is 1. The van der Waals surface area contributed by atoms with Crippen LogP contribution in [0, 0.1) is 5.82 Å². The number of carbonyl (C=O) groups is 1. The number of pyridine rings is 1. The molecule has 0 bridgehead atoms. The minimum atomic E-state index is -3.32. The molecule has 1 fully saturated rings. The first-order chi connectivity index (χ1) is 11.4. The molecule has 128 valence electrons. The summed E-state index contributed by atoms with van der Waals surface area (Å²) in [6.45, 7) is 0.578. The molecule has 1 saturated heterocycles. The van der Waals surface area contributed by atoms with Crippen molar-refractivity contribution in [2.75, 3.05) is 12.8 Å². The first kappa shape index (κ1) is 17.0. The van der Waals surface area contributed by atoms with Crippen LogP contribution in [0.4, 0.5) is 4.39 Å². The normalized spacial score (nSPS) is 18.6. The number of carbonyl (C=O) groups excluding carboxylic acids is 1. The molecule has 24 heavy (non-hydrogen) atoms. The summed E-state index contributed by atoms with van der Waals surface area (Å²) >= 11 is 0.982. The van der Waals surface area contributed by atoms with Crippen LogP contribution in [0.5, 0.6) is 0 Å². The highest BCUT2D eigenvalue weighted by Gasteiger charge is 2.30. The van der Waals surface area contributed by atoms with Crippen LogP contribution in [0.25, 0.3) is 0 Å². The fourth-order valence-electron chi connectivity index (χ4n) is 2.84. The Morgan fingerprint density at radius 2 is 2.08 bits per heavy atom. The van der Waals surface area contributed by atoms with Crippen molar-refractivity contribution < 1.29 is 17.6 Å². The van der Waals surface area contributed by atoms with E-state index >= 15 is 0 Å². The van der Waals surface area contributed by atoms with E-state index in [-0.39, 0.29) is 16.2 Å². The second-order valence-electron chi connectivity index (χ2n) is 5.80. The number of hydrogen-bond donors (Lipinski definition) is 0. The second kappa shape index (κ2) is 6.60. The summed E-state index contributed by atoms with van der Waals surface area (Å²) in [6, 6.07) is 5.74. The summed E-state index contributed by atoms with van der Waals surface area (Å²) in [6.07, 6.45) is 4.88. The second-order valence-corrected chi connectivity index (χ2v) is 9.13. The van der Waals surface area contributed by atoms with Gasteiger partial charge in [0.15, 0.2) is 9.84 Å². The molecule has 1 aliphatic heterocycles. The van der Waals surface area contributed by atoms with Gasteiger partial charge in [0.1, 0.15) is 10.0 Å². The molecule has 0 aromatic carbocycles. The fraction of sp³-hybridized carbons (Fsp3) is 0.375. The largest absolute Gasteiger partial charge is 0.329 e. The van der Waals surface area contributed by atoms with Crippen molar-refractivity contribution in [2.45, 2.75) is 29.5 Å². The number of rotatable bonds is 3. The van der Waals surface area contributed by atoms with E-state index in [1.807, 2.05) is 0 Å². The van der Waals surface area contributed by atoms with Gasteiger partial charge in [-0.15, -0.1) is 11.3 Å². The van der Waals surface area contributed by atoms with E-state index in [2.05, 4.69) is 4.98 Å². The minimum absolute atomic E-state index is 0.180. The molecule has 8 heteroatoms. The zero-order valence-corrected chi connectivity index (χ0v) is 14.7. The van der Waals surface area contributed by atoms with E-state index in [1.165, 1.54) is 12.1 Å². The summed E-state index contributed by atoms with van der Waals surface area (Å²) in [5.74, 6) is -0.616. The third kappa shape index (κ3) is 3.49. The van der Waals surface area contributed by atoms with Crippen molar-refractivity contribution in [3.8, 4) is 0 Å². The van der Waals surface area contributed by atoms with Gasteiger partial charge in [0.2, 0.25) is 0 Å². The molecular formula is C16H17FN2O3S2. The molecule has 0 N–H and O–H groups in total. The predicted molar refractivity (Wildman–Crippen MR) is 89.3 cm³/mol. The van der Waals surface area contributed by atoms with E-state index in [1.54, 1.807) is 17.0 Å². The van der Waals surface area contributed by atoms with Crippen molar-refractivity contribution in [1.82, 2.24) is 9.88 Å². The van der Waals surface area contributed by atoms with Gasteiger partial charge >= 0.3 is 0 Å². The van der Waals surface area contributed by atoms with Gasteiger partial charge in [-0.2, -0.15) is 0 Å². The van der Waals surface area contributed by atoms with E-state index in [9.17, 15) is 17.6 Å². The zero-order chi connectivity index (χ0) is 17.3. The van der Waals surface area contributed by atoms with Crippen molar-refractivity contribution >= 4 is 27.1 Å². The summed E-state index contributed by atoms with van der Waals surface area (Å²) in [7, 11) is -3.32. The number of amides is 1. The molecular weight excluding hydrogens is 351 g/mol. The molecule has 0 saturated carbocycles.